The van der Waals surface area contributed by atoms with E-state index < -0.39 is 10.8 Å². The van der Waals surface area contributed by atoms with E-state index in [-0.39, 0.29) is 36.7 Å². The predicted octanol–water partition coefficient (Wildman–Crippen LogP) is 2.71. The van der Waals surface area contributed by atoms with Gasteiger partial charge in [0.25, 0.3) is 11.6 Å². The van der Waals surface area contributed by atoms with Gasteiger partial charge in [0.05, 0.1) is 4.92 Å². The van der Waals surface area contributed by atoms with Crippen molar-refractivity contribution in [3.8, 4) is 0 Å². The maximum absolute atomic E-state index is 13.1. The first-order valence-electron chi connectivity index (χ1n) is 9.60. The van der Waals surface area contributed by atoms with Crippen molar-refractivity contribution in [3.63, 3.8) is 0 Å². The van der Waals surface area contributed by atoms with Gasteiger partial charge >= 0.3 is 0 Å². The van der Waals surface area contributed by atoms with Crippen LogP contribution in [0.1, 0.15) is 35.2 Å². The van der Waals surface area contributed by atoms with Gasteiger partial charge in [0, 0.05) is 44.2 Å². The number of nitrogens with zero attached hydrogens (tertiary/aromatic N) is 3. The number of hydrogen-bond donors (Lipinski definition) is 1. The first-order chi connectivity index (χ1) is 14.0. The molecule has 1 saturated heterocycles. The van der Waals surface area contributed by atoms with Gasteiger partial charge in [-0.25, -0.2) is 0 Å². The Morgan fingerprint density at radius 3 is 2.41 bits per heavy atom. The van der Waals surface area contributed by atoms with Crippen LogP contribution < -0.4 is 10.6 Å². The zero-order chi connectivity index (χ0) is 20.8. The van der Waals surface area contributed by atoms with Crippen molar-refractivity contribution in [2.24, 2.45) is 5.73 Å². The van der Waals surface area contributed by atoms with Crippen molar-refractivity contribution in [1.29, 1.82) is 0 Å². The van der Waals surface area contributed by atoms with Crippen LogP contribution in [-0.2, 0) is 11.3 Å². The predicted molar refractivity (Wildman–Crippen MR) is 110 cm³/mol. The fourth-order valence-electron chi connectivity index (χ4n) is 3.51. The molecule has 0 unspecified atom stereocenters. The van der Waals surface area contributed by atoms with Gasteiger partial charge in [-0.05, 0) is 30.5 Å². The molecular weight excluding hydrogens is 372 g/mol. The smallest absolute Gasteiger partial charge is 0.293 e. The summed E-state index contributed by atoms with van der Waals surface area (Å²) in [6.07, 6.45) is 2.01. The molecule has 29 heavy (non-hydrogen) atoms. The van der Waals surface area contributed by atoms with E-state index in [1.54, 1.807) is 12.1 Å². The van der Waals surface area contributed by atoms with Gasteiger partial charge in [-0.2, -0.15) is 0 Å². The average molecular weight is 396 g/mol. The average Bonchev–Trinajstić information content (AvgIpc) is 3.25. The molecule has 0 aliphatic carbocycles. The fraction of sp³-hybridized carbons (Fsp3) is 0.333. The maximum Gasteiger partial charge on any atom is 0.293 e. The summed E-state index contributed by atoms with van der Waals surface area (Å²) in [6.45, 7) is 1.97. The lowest BCUT2D eigenvalue weighted by Gasteiger charge is -2.23. The molecule has 3 rings (SSSR count). The molecule has 1 aliphatic rings. The number of carbonyl (C=O) groups is 2. The minimum Gasteiger partial charge on any atom is -0.370 e. The van der Waals surface area contributed by atoms with Crippen LogP contribution in [0, 0.1) is 10.1 Å². The topological polar surface area (TPSA) is 110 Å². The van der Waals surface area contributed by atoms with Crippen LogP contribution in [0.3, 0.4) is 0 Å². The molecule has 1 fully saturated rings. The summed E-state index contributed by atoms with van der Waals surface area (Å²) < 4.78 is 0. The maximum atomic E-state index is 13.1. The number of anilines is 1. The van der Waals surface area contributed by atoms with E-state index in [1.807, 2.05) is 35.2 Å². The van der Waals surface area contributed by atoms with Gasteiger partial charge in [0.2, 0.25) is 5.91 Å². The molecule has 2 aromatic rings. The van der Waals surface area contributed by atoms with E-state index in [0.717, 1.165) is 31.5 Å². The molecule has 0 aromatic heterocycles. The molecule has 152 valence electrons. The quantitative estimate of drug-likeness (QED) is 0.545. The lowest BCUT2D eigenvalue weighted by atomic mass is 10.1. The van der Waals surface area contributed by atoms with Gasteiger partial charge in [-0.3, -0.25) is 19.7 Å². The number of nitro groups is 1. The van der Waals surface area contributed by atoms with Crippen molar-refractivity contribution in [1.82, 2.24) is 4.90 Å². The van der Waals surface area contributed by atoms with Crippen LogP contribution in [-0.4, -0.2) is 41.3 Å². The van der Waals surface area contributed by atoms with E-state index >= 15 is 0 Å². The molecule has 2 aromatic carbocycles. The summed E-state index contributed by atoms with van der Waals surface area (Å²) in [7, 11) is 0. The van der Waals surface area contributed by atoms with Crippen molar-refractivity contribution in [2.75, 3.05) is 24.5 Å². The molecule has 0 bridgehead atoms. The Kier molecular flexibility index (Phi) is 6.43. The normalized spacial score (nSPS) is 13.3. The van der Waals surface area contributed by atoms with Gasteiger partial charge in [-0.15, -0.1) is 0 Å². The van der Waals surface area contributed by atoms with Crippen LogP contribution >= 0.6 is 0 Å². The Labute approximate surface area is 169 Å². The zero-order valence-electron chi connectivity index (χ0n) is 16.1. The third-order valence-corrected chi connectivity index (χ3v) is 5.00. The lowest BCUT2D eigenvalue weighted by molar-refractivity contribution is -0.384. The lowest BCUT2D eigenvalue weighted by Crippen LogP contribution is -2.33. The number of carbonyl (C=O) groups excluding carboxylic acids is 2. The summed E-state index contributed by atoms with van der Waals surface area (Å²) in [5.41, 5.74) is 6.84. The van der Waals surface area contributed by atoms with E-state index in [2.05, 4.69) is 0 Å². The Hall–Kier alpha value is -3.42. The van der Waals surface area contributed by atoms with Crippen molar-refractivity contribution in [2.45, 2.75) is 25.8 Å². The van der Waals surface area contributed by atoms with Gasteiger partial charge in [0.1, 0.15) is 5.69 Å². The number of benzene rings is 2. The Balaban J connectivity index is 1.88. The number of rotatable bonds is 8. The molecular formula is C21H24N4O4. The largest absolute Gasteiger partial charge is 0.370 e. The van der Waals surface area contributed by atoms with Gasteiger partial charge in [-0.1, -0.05) is 30.3 Å². The Bertz CT molecular complexity index is 895. The molecule has 0 saturated carbocycles. The minimum atomic E-state index is -0.508. The molecule has 2 amide bonds. The highest BCUT2D eigenvalue weighted by Crippen LogP contribution is 2.32. The zero-order valence-corrected chi connectivity index (χ0v) is 16.1. The fourth-order valence-corrected chi connectivity index (χ4v) is 3.51. The third kappa shape index (κ3) is 5.10. The number of nitro benzene ring substituents is 1. The van der Waals surface area contributed by atoms with Crippen molar-refractivity contribution >= 4 is 23.2 Å². The standard InChI is InChI=1S/C21H24N4O4/c22-20(26)10-13-24(15-16-6-2-1-3-7-16)21(27)17-8-9-18(19(14-17)25(28)29)23-11-4-5-12-23/h1-3,6-9,14H,4-5,10-13,15H2,(H2,22,26). The summed E-state index contributed by atoms with van der Waals surface area (Å²) in [5, 5.41) is 11.6. The molecule has 0 spiro atoms. The number of hydrogen-bond acceptors (Lipinski definition) is 5. The van der Waals surface area contributed by atoms with Crippen molar-refractivity contribution in [3.05, 3.63) is 69.8 Å². The van der Waals surface area contributed by atoms with E-state index in [4.69, 9.17) is 5.73 Å². The summed E-state index contributed by atoms with van der Waals surface area (Å²) >= 11 is 0. The van der Waals surface area contributed by atoms with Gasteiger partial charge < -0.3 is 15.5 Å². The SMILES string of the molecule is NC(=O)CCN(Cc1ccccc1)C(=O)c1ccc(N2CCCC2)c([N+](=O)[O-])c1. The molecule has 0 atom stereocenters. The number of primary amides is 1. The molecule has 8 heteroatoms. The second-order valence-corrected chi connectivity index (χ2v) is 7.08. The highest BCUT2D eigenvalue weighted by molar-refractivity contribution is 5.96. The van der Waals surface area contributed by atoms with Gasteiger partial charge in [0.15, 0.2) is 0 Å². The van der Waals surface area contributed by atoms with Crippen molar-refractivity contribution < 1.29 is 14.5 Å². The van der Waals surface area contributed by atoms with Crippen LogP contribution in [0.4, 0.5) is 11.4 Å². The summed E-state index contributed by atoms with van der Waals surface area (Å²) in [6, 6.07) is 13.9. The third-order valence-electron chi connectivity index (χ3n) is 5.00. The number of nitrogens with two attached hydrogens (primary N) is 1. The second-order valence-electron chi connectivity index (χ2n) is 7.08. The van der Waals surface area contributed by atoms with Crippen LogP contribution in [0.5, 0.6) is 0 Å². The minimum absolute atomic E-state index is 0.0204. The van der Waals surface area contributed by atoms with E-state index in [0.29, 0.717) is 5.69 Å². The van der Waals surface area contributed by atoms with Crippen LogP contribution in [0.15, 0.2) is 48.5 Å². The summed E-state index contributed by atoms with van der Waals surface area (Å²) in [4.78, 5) is 39.0. The molecule has 1 heterocycles. The highest BCUT2D eigenvalue weighted by Gasteiger charge is 2.25. The Morgan fingerprint density at radius 2 is 1.79 bits per heavy atom. The first kappa shape index (κ1) is 20.3. The first-order valence-corrected chi connectivity index (χ1v) is 9.60. The molecule has 0 radical (unpaired) electrons. The van der Waals surface area contributed by atoms with Crippen LogP contribution in [0.2, 0.25) is 0 Å². The molecule has 1 aliphatic heterocycles. The molecule has 8 nitrogen and oxygen atoms in total. The monoisotopic (exact) mass is 396 g/mol. The number of amides is 2. The Morgan fingerprint density at radius 1 is 1.10 bits per heavy atom. The van der Waals surface area contributed by atoms with E-state index in [1.165, 1.54) is 11.0 Å². The van der Waals surface area contributed by atoms with Crippen LogP contribution in [0.25, 0.3) is 0 Å². The highest BCUT2D eigenvalue weighted by atomic mass is 16.6. The summed E-state index contributed by atoms with van der Waals surface area (Å²) in [5.74, 6) is -0.877. The second kappa shape index (κ2) is 9.18. The van der Waals surface area contributed by atoms with E-state index in [9.17, 15) is 19.7 Å². The molecule has 2 N–H and O–H groups in total.